The fourth-order valence-electron chi connectivity index (χ4n) is 4.02. The van der Waals surface area contributed by atoms with Crippen LogP contribution in [0, 0.1) is 17.2 Å². The predicted molar refractivity (Wildman–Crippen MR) is 94.4 cm³/mol. The lowest BCUT2D eigenvalue weighted by molar-refractivity contribution is 0.534. The predicted octanol–water partition coefficient (Wildman–Crippen LogP) is 4.66. The first-order valence-electron chi connectivity index (χ1n) is 8.43. The highest BCUT2D eigenvalue weighted by Gasteiger charge is 2.49. The van der Waals surface area contributed by atoms with Crippen LogP contribution in [0.15, 0.2) is 53.0 Å². The molecule has 0 bridgehead atoms. The molecule has 4 rings (SSSR count). The second-order valence-corrected chi connectivity index (χ2v) is 9.46. The summed E-state index contributed by atoms with van der Waals surface area (Å²) in [5.74, 6) is 0.0499. The third kappa shape index (κ3) is 2.88. The molecule has 0 radical (unpaired) electrons. The molecule has 3 aliphatic carbocycles. The van der Waals surface area contributed by atoms with E-state index in [2.05, 4.69) is 0 Å². The SMILES string of the molecule is CS(=O)(=O)C1=CCC(C2=C(c3ccc(F)cc3)CC3(CC3)C2)C=C1. The fraction of sp³-hybridized carbons (Fsp3) is 0.400. The molecule has 1 unspecified atom stereocenters. The summed E-state index contributed by atoms with van der Waals surface area (Å²) in [5, 5.41) is 0. The lowest BCUT2D eigenvalue weighted by Crippen LogP contribution is -2.08. The van der Waals surface area contributed by atoms with Crippen molar-refractivity contribution in [2.24, 2.45) is 11.3 Å². The zero-order valence-corrected chi connectivity index (χ0v) is 14.6. The summed E-state index contributed by atoms with van der Waals surface area (Å²) in [6.07, 6.45) is 12.3. The van der Waals surface area contributed by atoms with E-state index >= 15 is 0 Å². The fourth-order valence-corrected chi connectivity index (χ4v) is 4.74. The highest BCUT2D eigenvalue weighted by molar-refractivity contribution is 7.94. The summed E-state index contributed by atoms with van der Waals surface area (Å²) >= 11 is 0. The molecule has 0 N–H and O–H groups in total. The molecule has 4 heteroatoms. The maximum atomic E-state index is 13.3. The molecular formula is C20H21FO2S. The minimum absolute atomic E-state index is 0.210. The Bertz CT molecular complexity index is 869. The molecule has 3 aliphatic rings. The molecule has 1 spiro atoms. The molecule has 0 amide bonds. The maximum absolute atomic E-state index is 13.3. The van der Waals surface area contributed by atoms with Gasteiger partial charge in [0.2, 0.25) is 0 Å². The maximum Gasteiger partial charge on any atom is 0.175 e. The van der Waals surface area contributed by atoms with Crippen LogP contribution >= 0.6 is 0 Å². The van der Waals surface area contributed by atoms with Gasteiger partial charge < -0.3 is 0 Å². The monoisotopic (exact) mass is 344 g/mol. The average molecular weight is 344 g/mol. The quantitative estimate of drug-likeness (QED) is 0.799. The van der Waals surface area contributed by atoms with Gasteiger partial charge in [-0.15, -0.1) is 0 Å². The smallest absolute Gasteiger partial charge is 0.175 e. The van der Waals surface area contributed by atoms with Gasteiger partial charge in [0.15, 0.2) is 9.84 Å². The average Bonchev–Trinajstić information content (AvgIpc) is 3.19. The Morgan fingerprint density at radius 3 is 2.38 bits per heavy atom. The molecule has 0 heterocycles. The van der Waals surface area contributed by atoms with Gasteiger partial charge in [-0.05, 0) is 66.9 Å². The summed E-state index contributed by atoms with van der Waals surface area (Å²) < 4.78 is 36.6. The highest BCUT2D eigenvalue weighted by atomic mass is 32.2. The zero-order valence-electron chi connectivity index (χ0n) is 13.8. The lowest BCUT2D eigenvalue weighted by atomic mass is 9.87. The van der Waals surface area contributed by atoms with Crippen LogP contribution in [0.3, 0.4) is 0 Å². The second-order valence-electron chi connectivity index (χ2n) is 7.44. The van der Waals surface area contributed by atoms with Gasteiger partial charge in [0, 0.05) is 12.2 Å². The summed E-state index contributed by atoms with van der Waals surface area (Å²) in [5.41, 5.74) is 4.30. The second kappa shape index (κ2) is 5.41. The first kappa shape index (κ1) is 15.8. The van der Waals surface area contributed by atoms with Gasteiger partial charge in [0.05, 0.1) is 4.91 Å². The van der Waals surface area contributed by atoms with Crippen molar-refractivity contribution in [1.29, 1.82) is 0 Å². The zero-order chi connectivity index (χ0) is 16.9. The van der Waals surface area contributed by atoms with Crippen LogP contribution in [0.5, 0.6) is 0 Å². The van der Waals surface area contributed by atoms with Crippen molar-refractivity contribution in [3.63, 3.8) is 0 Å². The molecule has 126 valence electrons. The molecule has 0 saturated heterocycles. The van der Waals surface area contributed by atoms with Crippen molar-refractivity contribution in [2.45, 2.75) is 32.1 Å². The van der Waals surface area contributed by atoms with Gasteiger partial charge in [0.1, 0.15) is 5.82 Å². The summed E-state index contributed by atoms with van der Waals surface area (Å²) in [6.45, 7) is 0. The summed E-state index contributed by atoms with van der Waals surface area (Å²) in [7, 11) is -3.14. The van der Waals surface area contributed by atoms with Gasteiger partial charge >= 0.3 is 0 Å². The molecule has 2 nitrogen and oxygen atoms in total. The molecule has 1 aromatic carbocycles. The van der Waals surface area contributed by atoms with E-state index in [9.17, 15) is 12.8 Å². The van der Waals surface area contributed by atoms with Crippen LogP contribution in [-0.2, 0) is 9.84 Å². The summed E-state index contributed by atoms with van der Waals surface area (Å²) in [6, 6.07) is 6.79. The molecule has 0 aliphatic heterocycles. The van der Waals surface area contributed by atoms with Crippen LogP contribution in [0.2, 0.25) is 0 Å². The number of halogens is 1. The van der Waals surface area contributed by atoms with Gasteiger partial charge in [-0.2, -0.15) is 0 Å². The van der Waals surface area contributed by atoms with Crippen LogP contribution in [0.4, 0.5) is 4.39 Å². The third-order valence-corrected chi connectivity index (χ3v) is 6.76. The normalized spacial score (nSPS) is 25.2. The van der Waals surface area contributed by atoms with E-state index in [0.29, 0.717) is 10.3 Å². The standard InChI is InChI=1S/C20H21FO2S/c1-24(22,23)17-8-4-15(5-9-17)19-13-20(10-11-20)12-18(19)14-2-6-16(21)7-3-14/h2-4,6-9,15H,5,10-13H2,1H3. The Labute approximate surface area is 142 Å². The number of hydrogen-bond acceptors (Lipinski definition) is 2. The van der Waals surface area contributed by atoms with Crippen molar-refractivity contribution >= 4 is 15.4 Å². The van der Waals surface area contributed by atoms with Crippen LogP contribution in [0.25, 0.3) is 5.57 Å². The molecule has 1 atom stereocenters. The minimum Gasteiger partial charge on any atom is -0.224 e. The van der Waals surface area contributed by atoms with Crippen molar-refractivity contribution in [3.05, 3.63) is 64.4 Å². The van der Waals surface area contributed by atoms with E-state index in [-0.39, 0.29) is 11.7 Å². The molecule has 1 saturated carbocycles. The Balaban J connectivity index is 1.67. The van der Waals surface area contributed by atoms with Gasteiger partial charge in [0.25, 0.3) is 0 Å². The number of allylic oxidation sites excluding steroid dienone is 5. The van der Waals surface area contributed by atoms with E-state index in [1.807, 2.05) is 24.3 Å². The molecule has 1 aromatic rings. The van der Waals surface area contributed by atoms with Crippen molar-refractivity contribution in [3.8, 4) is 0 Å². The van der Waals surface area contributed by atoms with Crippen molar-refractivity contribution in [2.75, 3.05) is 6.26 Å². The first-order valence-corrected chi connectivity index (χ1v) is 10.3. The van der Waals surface area contributed by atoms with Crippen molar-refractivity contribution in [1.82, 2.24) is 0 Å². The highest BCUT2D eigenvalue weighted by Crippen LogP contribution is 2.63. The van der Waals surface area contributed by atoms with Crippen molar-refractivity contribution < 1.29 is 12.8 Å². The summed E-state index contributed by atoms with van der Waals surface area (Å²) in [4.78, 5) is 0.418. The van der Waals surface area contributed by atoms with E-state index in [1.165, 1.54) is 42.4 Å². The third-order valence-electron chi connectivity index (χ3n) is 5.60. The van der Waals surface area contributed by atoms with Gasteiger partial charge in [-0.1, -0.05) is 29.9 Å². The minimum atomic E-state index is -3.14. The van der Waals surface area contributed by atoms with E-state index in [1.54, 1.807) is 6.08 Å². The van der Waals surface area contributed by atoms with E-state index in [4.69, 9.17) is 0 Å². The molecular weight excluding hydrogens is 323 g/mol. The Morgan fingerprint density at radius 2 is 1.83 bits per heavy atom. The van der Waals surface area contributed by atoms with Crippen LogP contribution < -0.4 is 0 Å². The number of rotatable bonds is 3. The van der Waals surface area contributed by atoms with E-state index in [0.717, 1.165) is 24.8 Å². The topological polar surface area (TPSA) is 34.1 Å². The lowest BCUT2D eigenvalue weighted by Gasteiger charge is -2.19. The van der Waals surface area contributed by atoms with Crippen LogP contribution in [-0.4, -0.2) is 14.7 Å². The number of sulfone groups is 1. The first-order chi connectivity index (χ1) is 11.4. The van der Waals surface area contributed by atoms with Gasteiger partial charge in [-0.3, -0.25) is 0 Å². The Kier molecular flexibility index (Phi) is 3.57. The number of benzene rings is 1. The molecule has 0 aromatic heterocycles. The van der Waals surface area contributed by atoms with Gasteiger partial charge in [-0.25, -0.2) is 12.8 Å². The Morgan fingerprint density at radius 1 is 1.12 bits per heavy atom. The molecule has 1 fully saturated rings. The van der Waals surface area contributed by atoms with E-state index < -0.39 is 9.84 Å². The number of hydrogen-bond donors (Lipinski definition) is 0. The largest absolute Gasteiger partial charge is 0.224 e. The van der Waals surface area contributed by atoms with Crippen LogP contribution in [0.1, 0.15) is 37.7 Å². The Hall–Kier alpha value is -1.68. The molecule has 24 heavy (non-hydrogen) atoms.